The van der Waals surface area contributed by atoms with Crippen molar-refractivity contribution in [3.63, 3.8) is 0 Å². The molecule has 0 aliphatic carbocycles. The minimum absolute atomic E-state index is 0.251. The Morgan fingerprint density at radius 3 is 2.25 bits per heavy atom. The van der Waals surface area contributed by atoms with Crippen molar-refractivity contribution in [2.45, 2.75) is 12.5 Å². The molecule has 5 rings (SSSR count). The minimum atomic E-state index is -0.859. The third kappa shape index (κ3) is 5.66. The summed E-state index contributed by atoms with van der Waals surface area (Å²) in [4.78, 5) is 29.9. The molecule has 0 fully saturated rings. The molecule has 4 aromatic carbocycles. The van der Waals surface area contributed by atoms with Crippen LogP contribution < -0.4 is 19.5 Å². The van der Waals surface area contributed by atoms with Crippen LogP contribution in [0.1, 0.15) is 15.9 Å². The molecule has 1 aromatic heterocycles. The molecule has 1 amide bonds. The summed E-state index contributed by atoms with van der Waals surface area (Å²) in [7, 11) is 4.45. The highest BCUT2D eigenvalue weighted by atomic mass is 16.5. The number of carbonyl (C=O) groups is 2. The first-order chi connectivity index (χ1) is 19.5. The van der Waals surface area contributed by atoms with Gasteiger partial charge in [-0.15, -0.1) is 0 Å². The molecule has 0 aliphatic rings. The first-order valence-electron chi connectivity index (χ1n) is 12.6. The number of hydrogen-bond donors (Lipinski definition) is 1. The average Bonchev–Trinajstić information content (AvgIpc) is 3.00. The molecule has 1 unspecified atom stereocenters. The van der Waals surface area contributed by atoms with Crippen LogP contribution in [0.25, 0.3) is 21.7 Å². The first kappa shape index (κ1) is 26.5. The summed E-state index contributed by atoms with van der Waals surface area (Å²) in [6.45, 7) is 0. The molecule has 0 saturated heterocycles. The first-order valence-corrected chi connectivity index (χ1v) is 12.6. The maximum atomic E-state index is 13.0. The molecular weight excluding hydrogens is 508 g/mol. The maximum Gasteiger partial charge on any atom is 0.328 e. The van der Waals surface area contributed by atoms with Gasteiger partial charge in [-0.3, -0.25) is 9.78 Å². The van der Waals surface area contributed by atoms with Gasteiger partial charge in [-0.05, 0) is 52.7 Å². The standard InChI is InChI=1S/C32H28N2O6/c1-37-29-18-25-26(19-30(29)38-2)33-15-14-28(25)40-24-12-8-20(9-13-24)16-27(32(36)39-3)34-31(35)23-11-10-21-6-4-5-7-22(21)17-23/h4-15,17-19,27H,16H2,1-3H3,(H,34,35). The summed E-state index contributed by atoms with van der Waals surface area (Å²) >= 11 is 0. The fourth-order valence-corrected chi connectivity index (χ4v) is 4.50. The lowest BCUT2D eigenvalue weighted by Gasteiger charge is -2.17. The van der Waals surface area contributed by atoms with Gasteiger partial charge in [0.05, 0.1) is 26.8 Å². The molecule has 0 aliphatic heterocycles. The van der Waals surface area contributed by atoms with Crippen molar-refractivity contribution < 1.29 is 28.5 Å². The molecule has 5 aromatic rings. The number of nitrogens with zero attached hydrogens (tertiary/aromatic N) is 1. The second-order valence-corrected chi connectivity index (χ2v) is 9.09. The van der Waals surface area contributed by atoms with Crippen LogP contribution in [-0.2, 0) is 16.0 Å². The second kappa shape index (κ2) is 11.7. The number of benzene rings is 4. The highest BCUT2D eigenvalue weighted by Gasteiger charge is 2.23. The van der Waals surface area contributed by atoms with Crippen LogP contribution in [0.15, 0.2) is 91.1 Å². The number of esters is 1. The zero-order valence-electron chi connectivity index (χ0n) is 22.3. The van der Waals surface area contributed by atoms with Crippen LogP contribution in [0.4, 0.5) is 0 Å². The summed E-state index contributed by atoms with van der Waals surface area (Å²) in [5.74, 6) is 1.48. The van der Waals surface area contributed by atoms with E-state index in [1.807, 2.05) is 60.7 Å². The van der Waals surface area contributed by atoms with Crippen LogP contribution in [-0.4, -0.2) is 44.2 Å². The fourth-order valence-electron chi connectivity index (χ4n) is 4.50. The lowest BCUT2D eigenvalue weighted by molar-refractivity contribution is -0.142. The highest BCUT2D eigenvalue weighted by Crippen LogP contribution is 2.36. The SMILES string of the molecule is COC(=O)C(Cc1ccc(Oc2ccnc3cc(OC)c(OC)cc23)cc1)NC(=O)c1ccc2ccccc2c1. The number of amides is 1. The number of fused-ring (bicyclic) bond motifs is 2. The van der Waals surface area contributed by atoms with Gasteiger partial charge in [0.25, 0.3) is 5.91 Å². The Balaban J connectivity index is 1.31. The van der Waals surface area contributed by atoms with E-state index >= 15 is 0 Å². The third-order valence-electron chi connectivity index (χ3n) is 6.60. The molecule has 0 spiro atoms. The zero-order chi connectivity index (χ0) is 28.1. The molecule has 40 heavy (non-hydrogen) atoms. The normalized spacial score (nSPS) is 11.6. The van der Waals surface area contributed by atoms with E-state index < -0.39 is 12.0 Å². The van der Waals surface area contributed by atoms with Gasteiger partial charge in [0.15, 0.2) is 11.5 Å². The molecule has 8 nitrogen and oxygen atoms in total. The Morgan fingerprint density at radius 2 is 1.52 bits per heavy atom. The van der Waals surface area contributed by atoms with Gasteiger partial charge in [0.2, 0.25) is 0 Å². The van der Waals surface area contributed by atoms with Crippen molar-refractivity contribution in [1.29, 1.82) is 0 Å². The molecule has 202 valence electrons. The number of pyridine rings is 1. The summed E-state index contributed by atoms with van der Waals surface area (Å²) in [5.41, 5.74) is 2.00. The second-order valence-electron chi connectivity index (χ2n) is 9.09. The van der Waals surface area contributed by atoms with E-state index in [0.29, 0.717) is 34.1 Å². The monoisotopic (exact) mass is 536 g/mol. The Morgan fingerprint density at radius 1 is 0.800 bits per heavy atom. The minimum Gasteiger partial charge on any atom is -0.493 e. The average molecular weight is 537 g/mol. The van der Waals surface area contributed by atoms with Crippen LogP contribution in [0.5, 0.6) is 23.0 Å². The van der Waals surface area contributed by atoms with E-state index in [-0.39, 0.29) is 12.3 Å². The van der Waals surface area contributed by atoms with Crippen LogP contribution in [0.3, 0.4) is 0 Å². The van der Waals surface area contributed by atoms with Crippen LogP contribution >= 0.6 is 0 Å². The van der Waals surface area contributed by atoms with Gasteiger partial charge >= 0.3 is 5.97 Å². The number of methoxy groups -OCH3 is 3. The molecule has 1 N–H and O–H groups in total. The van der Waals surface area contributed by atoms with E-state index in [1.165, 1.54) is 7.11 Å². The Kier molecular flexibility index (Phi) is 7.77. The molecular formula is C32H28N2O6. The van der Waals surface area contributed by atoms with E-state index in [1.54, 1.807) is 44.7 Å². The van der Waals surface area contributed by atoms with Gasteiger partial charge in [-0.2, -0.15) is 0 Å². The molecule has 1 atom stereocenters. The molecule has 1 heterocycles. The van der Waals surface area contributed by atoms with Crippen molar-refractivity contribution in [3.05, 3.63) is 102 Å². The lowest BCUT2D eigenvalue weighted by atomic mass is 10.0. The van der Waals surface area contributed by atoms with E-state index in [0.717, 1.165) is 21.7 Å². The number of hydrogen-bond acceptors (Lipinski definition) is 7. The van der Waals surface area contributed by atoms with Gasteiger partial charge in [0, 0.05) is 29.6 Å². The van der Waals surface area contributed by atoms with Crippen molar-refractivity contribution in [1.82, 2.24) is 10.3 Å². The predicted molar refractivity (Wildman–Crippen MR) is 152 cm³/mol. The smallest absolute Gasteiger partial charge is 0.328 e. The highest BCUT2D eigenvalue weighted by molar-refractivity contribution is 6.00. The predicted octanol–water partition coefficient (Wildman–Crippen LogP) is 5.71. The fraction of sp³-hybridized carbons (Fsp3) is 0.156. The van der Waals surface area contributed by atoms with E-state index in [4.69, 9.17) is 18.9 Å². The number of ether oxygens (including phenoxy) is 4. The van der Waals surface area contributed by atoms with Gasteiger partial charge < -0.3 is 24.3 Å². The zero-order valence-corrected chi connectivity index (χ0v) is 22.3. The van der Waals surface area contributed by atoms with E-state index in [9.17, 15) is 9.59 Å². The van der Waals surface area contributed by atoms with Crippen molar-refractivity contribution in [2.24, 2.45) is 0 Å². The molecule has 0 bridgehead atoms. The van der Waals surface area contributed by atoms with Gasteiger partial charge in [-0.1, -0.05) is 42.5 Å². The lowest BCUT2D eigenvalue weighted by Crippen LogP contribution is -2.43. The van der Waals surface area contributed by atoms with Crippen molar-refractivity contribution in [2.75, 3.05) is 21.3 Å². The molecule has 8 heteroatoms. The summed E-state index contributed by atoms with van der Waals surface area (Å²) in [5, 5.41) is 5.56. The number of aromatic nitrogens is 1. The van der Waals surface area contributed by atoms with Crippen LogP contribution in [0, 0.1) is 0 Å². The maximum absolute atomic E-state index is 13.0. The van der Waals surface area contributed by atoms with E-state index in [2.05, 4.69) is 10.3 Å². The number of rotatable bonds is 9. The summed E-state index contributed by atoms with van der Waals surface area (Å²) < 4.78 is 21.9. The Hall–Kier alpha value is -5.11. The topological polar surface area (TPSA) is 96.0 Å². The summed E-state index contributed by atoms with van der Waals surface area (Å²) in [6, 6.07) is 25.1. The summed E-state index contributed by atoms with van der Waals surface area (Å²) in [6.07, 6.45) is 1.92. The Labute approximate surface area is 231 Å². The third-order valence-corrected chi connectivity index (χ3v) is 6.60. The quantitative estimate of drug-likeness (QED) is 0.241. The Bertz CT molecular complexity index is 1680. The molecule has 0 saturated carbocycles. The number of carbonyl (C=O) groups excluding carboxylic acids is 2. The number of nitrogens with one attached hydrogen (secondary N) is 1. The molecule has 0 radical (unpaired) electrons. The van der Waals surface area contributed by atoms with Gasteiger partial charge in [0.1, 0.15) is 17.5 Å². The van der Waals surface area contributed by atoms with Crippen LogP contribution in [0.2, 0.25) is 0 Å². The largest absolute Gasteiger partial charge is 0.493 e. The van der Waals surface area contributed by atoms with Crippen molar-refractivity contribution in [3.8, 4) is 23.0 Å². The van der Waals surface area contributed by atoms with Gasteiger partial charge in [-0.25, -0.2) is 4.79 Å². The van der Waals surface area contributed by atoms with Crippen molar-refractivity contribution >= 4 is 33.6 Å².